The molecule has 1 N–H and O–H groups in total. The van der Waals surface area contributed by atoms with Gasteiger partial charge in [0.15, 0.2) is 0 Å². The zero-order valence-electron chi connectivity index (χ0n) is 16.3. The van der Waals surface area contributed by atoms with Crippen molar-refractivity contribution in [3.8, 4) is 0 Å². The van der Waals surface area contributed by atoms with Crippen molar-refractivity contribution >= 4 is 17.8 Å². The molecule has 29 heavy (non-hydrogen) atoms. The number of carbonyl (C=O) groups is 3. The topological polar surface area (TPSA) is 75.7 Å². The van der Waals surface area contributed by atoms with E-state index in [1.807, 2.05) is 0 Å². The molecule has 1 aromatic carbocycles. The number of ether oxygens (including phenoxy) is 1. The standard InChI is InChI=1S/C20H25F3N2O4/c1-2-29-17(26)4-3-11-24-18(27)14-9-12-25(13-10-14)19(28)15-5-7-16(8-6-15)20(21,22)23/h5-8,14H,2-4,9-13H2,1H3,(H,24,27). The first-order chi connectivity index (χ1) is 13.7. The molecule has 0 spiro atoms. The maximum Gasteiger partial charge on any atom is 0.416 e. The Balaban J connectivity index is 1.76. The number of benzene rings is 1. The minimum absolute atomic E-state index is 0.115. The Kier molecular flexibility index (Phi) is 8.04. The fourth-order valence-electron chi connectivity index (χ4n) is 3.15. The number of alkyl halides is 3. The summed E-state index contributed by atoms with van der Waals surface area (Å²) in [4.78, 5) is 37.5. The number of likely N-dealkylation sites (tertiary alicyclic amines) is 1. The molecule has 1 saturated heterocycles. The Labute approximate surface area is 167 Å². The van der Waals surface area contributed by atoms with Gasteiger partial charge in [-0.15, -0.1) is 0 Å². The number of amides is 2. The Bertz CT molecular complexity index is 711. The van der Waals surface area contributed by atoms with Crippen LogP contribution in [-0.4, -0.2) is 48.9 Å². The molecule has 0 radical (unpaired) electrons. The van der Waals surface area contributed by atoms with Gasteiger partial charge >= 0.3 is 12.1 Å². The number of halogens is 3. The Morgan fingerprint density at radius 2 is 1.76 bits per heavy atom. The maximum absolute atomic E-state index is 12.6. The Hall–Kier alpha value is -2.58. The first-order valence-electron chi connectivity index (χ1n) is 9.62. The molecule has 1 fully saturated rings. The highest BCUT2D eigenvalue weighted by molar-refractivity contribution is 5.94. The molecule has 1 aliphatic heterocycles. The van der Waals surface area contributed by atoms with Gasteiger partial charge in [-0.05, 0) is 50.5 Å². The molecule has 0 atom stereocenters. The van der Waals surface area contributed by atoms with E-state index in [1.165, 1.54) is 12.1 Å². The third kappa shape index (κ3) is 6.76. The van der Waals surface area contributed by atoms with Crippen LogP contribution in [0, 0.1) is 5.92 Å². The molecular formula is C20H25F3N2O4. The number of hydrogen-bond donors (Lipinski definition) is 1. The van der Waals surface area contributed by atoms with E-state index in [0.717, 1.165) is 12.1 Å². The van der Waals surface area contributed by atoms with E-state index in [4.69, 9.17) is 4.74 Å². The van der Waals surface area contributed by atoms with Crippen LogP contribution in [0.4, 0.5) is 13.2 Å². The third-order valence-corrected chi connectivity index (χ3v) is 4.77. The fourth-order valence-corrected chi connectivity index (χ4v) is 3.15. The lowest BCUT2D eigenvalue weighted by atomic mass is 9.95. The summed E-state index contributed by atoms with van der Waals surface area (Å²) in [6.45, 7) is 3.16. The highest BCUT2D eigenvalue weighted by Gasteiger charge is 2.31. The smallest absolute Gasteiger partial charge is 0.416 e. The van der Waals surface area contributed by atoms with Gasteiger partial charge in [0.2, 0.25) is 5.91 Å². The van der Waals surface area contributed by atoms with Crippen LogP contribution in [0.5, 0.6) is 0 Å². The van der Waals surface area contributed by atoms with Crippen molar-refractivity contribution in [2.24, 2.45) is 5.92 Å². The third-order valence-electron chi connectivity index (χ3n) is 4.77. The van der Waals surface area contributed by atoms with E-state index in [2.05, 4.69) is 5.32 Å². The van der Waals surface area contributed by atoms with Crippen molar-refractivity contribution in [3.05, 3.63) is 35.4 Å². The summed E-state index contributed by atoms with van der Waals surface area (Å²) in [5.41, 5.74) is -0.604. The van der Waals surface area contributed by atoms with Crippen molar-refractivity contribution < 1.29 is 32.3 Å². The quantitative estimate of drug-likeness (QED) is 0.550. The summed E-state index contributed by atoms with van der Waals surface area (Å²) in [7, 11) is 0. The minimum atomic E-state index is -4.44. The van der Waals surface area contributed by atoms with E-state index in [1.54, 1.807) is 11.8 Å². The zero-order chi connectivity index (χ0) is 21.4. The van der Waals surface area contributed by atoms with Crippen LogP contribution < -0.4 is 5.32 Å². The SMILES string of the molecule is CCOC(=O)CCCNC(=O)C1CCN(C(=O)c2ccc(C(F)(F)F)cc2)CC1. The predicted molar refractivity (Wildman–Crippen MR) is 98.9 cm³/mol. The van der Waals surface area contributed by atoms with Gasteiger partial charge in [0.1, 0.15) is 0 Å². The molecule has 0 aromatic heterocycles. The lowest BCUT2D eigenvalue weighted by molar-refractivity contribution is -0.143. The van der Waals surface area contributed by atoms with Crippen LogP contribution in [0.2, 0.25) is 0 Å². The molecular weight excluding hydrogens is 389 g/mol. The average molecular weight is 414 g/mol. The molecule has 2 rings (SSSR count). The number of piperidine rings is 1. The number of rotatable bonds is 7. The van der Waals surface area contributed by atoms with E-state index in [0.29, 0.717) is 45.5 Å². The van der Waals surface area contributed by atoms with E-state index >= 15 is 0 Å². The van der Waals surface area contributed by atoms with Crippen LogP contribution in [0.3, 0.4) is 0 Å². The lowest BCUT2D eigenvalue weighted by Gasteiger charge is -2.31. The molecule has 1 aromatic rings. The summed E-state index contributed by atoms with van der Waals surface area (Å²) >= 11 is 0. The highest BCUT2D eigenvalue weighted by Crippen LogP contribution is 2.29. The van der Waals surface area contributed by atoms with Crippen LogP contribution in [0.25, 0.3) is 0 Å². The fraction of sp³-hybridized carbons (Fsp3) is 0.550. The van der Waals surface area contributed by atoms with E-state index in [9.17, 15) is 27.6 Å². The van der Waals surface area contributed by atoms with Crippen LogP contribution in [0.1, 0.15) is 48.5 Å². The molecule has 1 aliphatic rings. The molecule has 6 nitrogen and oxygen atoms in total. The lowest BCUT2D eigenvalue weighted by Crippen LogP contribution is -2.43. The molecule has 1 heterocycles. The van der Waals surface area contributed by atoms with Gasteiger partial charge in [0, 0.05) is 37.5 Å². The average Bonchev–Trinajstić information content (AvgIpc) is 2.70. The van der Waals surface area contributed by atoms with Crippen LogP contribution in [-0.2, 0) is 20.5 Å². The normalized spacial score (nSPS) is 15.1. The van der Waals surface area contributed by atoms with Gasteiger partial charge in [-0.2, -0.15) is 13.2 Å². The second-order valence-electron chi connectivity index (χ2n) is 6.84. The second-order valence-corrected chi connectivity index (χ2v) is 6.84. The second kappa shape index (κ2) is 10.3. The predicted octanol–water partition coefficient (Wildman–Crippen LogP) is 3.02. The number of esters is 1. The highest BCUT2D eigenvalue weighted by atomic mass is 19.4. The first kappa shape index (κ1) is 22.7. The largest absolute Gasteiger partial charge is 0.466 e. The van der Waals surface area contributed by atoms with Gasteiger partial charge < -0.3 is 15.0 Å². The summed E-state index contributed by atoms with van der Waals surface area (Å²) < 4.78 is 42.7. The minimum Gasteiger partial charge on any atom is -0.466 e. The molecule has 0 aliphatic carbocycles. The molecule has 0 bridgehead atoms. The monoisotopic (exact) mass is 414 g/mol. The van der Waals surface area contributed by atoms with Crippen molar-refractivity contribution in [3.63, 3.8) is 0 Å². The van der Waals surface area contributed by atoms with Crippen LogP contribution >= 0.6 is 0 Å². The first-order valence-corrected chi connectivity index (χ1v) is 9.62. The van der Waals surface area contributed by atoms with Gasteiger partial charge in [-0.3, -0.25) is 14.4 Å². The van der Waals surface area contributed by atoms with Gasteiger partial charge in [0.25, 0.3) is 5.91 Å². The molecule has 0 unspecified atom stereocenters. The van der Waals surface area contributed by atoms with Crippen molar-refractivity contribution in [2.75, 3.05) is 26.2 Å². The maximum atomic E-state index is 12.6. The summed E-state index contributed by atoms with van der Waals surface area (Å²) in [5.74, 6) is -0.978. The van der Waals surface area contributed by atoms with Gasteiger partial charge in [0.05, 0.1) is 12.2 Å². The number of carbonyl (C=O) groups excluding carboxylic acids is 3. The molecule has 2 amide bonds. The van der Waals surface area contributed by atoms with Crippen LogP contribution in [0.15, 0.2) is 24.3 Å². The van der Waals surface area contributed by atoms with Crippen molar-refractivity contribution in [1.82, 2.24) is 10.2 Å². The van der Waals surface area contributed by atoms with Crippen molar-refractivity contribution in [2.45, 2.75) is 38.8 Å². The molecule has 160 valence electrons. The number of nitrogens with zero attached hydrogens (tertiary/aromatic N) is 1. The summed E-state index contributed by atoms with van der Waals surface area (Å²) in [6, 6.07) is 4.13. The molecule has 9 heteroatoms. The number of nitrogens with one attached hydrogen (secondary N) is 1. The summed E-state index contributed by atoms with van der Waals surface area (Å²) in [6.07, 6.45) is -2.74. The van der Waals surface area contributed by atoms with Gasteiger partial charge in [-0.1, -0.05) is 0 Å². The van der Waals surface area contributed by atoms with E-state index in [-0.39, 0.29) is 35.7 Å². The number of hydrogen-bond acceptors (Lipinski definition) is 4. The van der Waals surface area contributed by atoms with Gasteiger partial charge in [-0.25, -0.2) is 0 Å². The van der Waals surface area contributed by atoms with Crippen molar-refractivity contribution in [1.29, 1.82) is 0 Å². The summed E-state index contributed by atoms with van der Waals surface area (Å²) in [5, 5.41) is 2.79. The molecule has 0 saturated carbocycles. The Morgan fingerprint density at radius 3 is 2.31 bits per heavy atom. The Morgan fingerprint density at radius 1 is 1.14 bits per heavy atom. The van der Waals surface area contributed by atoms with E-state index < -0.39 is 11.7 Å². The zero-order valence-corrected chi connectivity index (χ0v) is 16.3.